The summed E-state index contributed by atoms with van der Waals surface area (Å²) >= 11 is 1.43. The summed E-state index contributed by atoms with van der Waals surface area (Å²) in [5, 5.41) is 0.775. The molecule has 2 atom stereocenters. The molecular formula is C18H22N2O3S. The maximum absolute atomic E-state index is 13.1. The van der Waals surface area contributed by atoms with Crippen LogP contribution in [0.25, 0.3) is 10.8 Å². The highest BCUT2D eigenvalue weighted by Crippen LogP contribution is 2.33. The Balaban J connectivity index is 1.61. The van der Waals surface area contributed by atoms with E-state index in [4.69, 9.17) is 9.15 Å². The third kappa shape index (κ3) is 2.78. The summed E-state index contributed by atoms with van der Waals surface area (Å²) in [7, 11) is 0. The van der Waals surface area contributed by atoms with Crippen molar-refractivity contribution in [3.63, 3.8) is 0 Å². The number of hydrogen-bond donors (Lipinski definition) is 0. The number of amides is 1. The van der Waals surface area contributed by atoms with E-state index in [1.165, 1.54) is 24.2 Å². The van der Waals surface area contributed by atoms with Crippen molar-refractivity contribution in [1.29, 1.82) is 0 Å². The largest absolute Gasteiger partial charge is 0.459 e. The number of furan rings is 1. The second kappa shape index (κ2) is 6.33. The van der Waals surface area contributed by atoms with E-state index < -0.39 is 0 Å². The van der Waals surface area contributed by atoms with Gasteiger partial charge in [-0.2, -0.15) is 0 Å². The van der Waals surface area contributed by atoms with E-state index in [0.29, 0.717) is 13.2 Å². The maximum atomic E-state index is 13.1. The summed E-state index contributed by atoms with van der Waals surface area (Å²) in [5.41, 5.74) is 0.785. The zero-order chi connectivity index (χ0) is 16.7. The zero-order valence-corrected chi connectivity index (χ0v) is 14.9. The molecular weight excluding hydrogens is 324 g/mol. The number of carbonyl (C=O) groups excluding carboxylic acids is 1. The Labute approximate surface area is 145 Å². The molecule has 1 aliphatic heterocycles. The molecule has 2 fully saturated rings. The lowest BCUT2D eigenvalue weighted by molar-refractivity contribution is -0.0751. The quantitative estimate of drug-likeness (QED) is 0.830. The molecule has 5 nitrogen and oxygen atoms in total. The Morgan fingerprint density at radius 1 is 1.29 bits per heavy atom. The van der Waals surface area contributed by atoms with E-state index in [1.54, 1.807) is 0 Å². The van der Waals surface area contributed by atoms with Gasteiger partial charge in [0.1, 0.15) is 10.6 Å². The zero-order valence-electron chi connectivity index (χ0n) is 14.1. The van der Waals surface area contributed by atoms with Gasteiger partial charge in [-0.25, -0.2) is 4.98 Å². The molecule has 0 radical (unpaired) electrons. The van der Waals surface area contributed by atoms with Gasteiger partial charge in [-0.15, -0.1) is 11.3 Å². The van der Waals surface area contributed by atoms with Crippen LogP contribution in [0.5, 0.6) is 0 Å². The third-order valence-electron chi connectivity index (χ3n) is 4.93. The first kappa shape index (κ1) is 15.8. The van der Waals surface area contributed by atoms with Crippen molar-refractivity contribution in [2.24, 2.45) is 0 Å². The van der Waals surface area contributed by atoms with Gasteiger partial charge in [0.25, 0.3) is 5.91 Å². The Morgan fingerprint density at radius 3 is 2.92 bits per heavy atom. The van der Waals surface area contributed by atoms with Crippen molar-refractivity contribution in [1.82, 2.24) is 9.88 Å². The van der Waals surface area contributed by atoms with Gasteiger partial charge in [0, 0.05) is 6.54 Å². The van der Waals surface area contributed by atoms with Gasteiger partial charge >= 0.3 is 0 Å². The number of hydrogen-bond acceptors (Lipinski definition) is 5. The van der Waals surface area contributed by atoms with Crippen molar-refractivity contribution < 1.29 is 13.9 Å². The number of fused-ring (bicyclic) bond motifs is 1. The molecule has 1 aliphatic carbocycles. The average Bonchev–Trinajstić information content (AvgIpc) is 3.19. The third-order valence-corrected chi connectivity index (χ3v) is 6.09. The first-order valence-electron chi connectivity index (χ1n) is 8.60. The van der Waals surface area contributed by atoms with Crippen molar-refractivity contribution in [3.05, 3.63) is 28.5 Å². The lowest BCUT2D eigenvalue weighted by Crippen LogP contribution is -2.54. The number of carbonyl (C=O) groups is 1. The van der Waals surface area contributed by atoms with E-state index in [0.717, 1.165) is 39.9 Å². The van der Waals surface area contributed by atoms with Crippen LogP contribution in [-0.4, -0.2) is 41.1 Å². The van der Waals surface area contributed by atoms with Gasteiger partial charge in [0.2, 0.25) is 0 Å². The summed E-state index contributed by atoms with van der Waals surface area (Å²) in [6.07, 6.45) is 4.68. The van der Waals surface area contributed by atoms with Crippen molar-refractivity contribution in [3.8, 4) is 10.8 Å². The Hall–Kier alpha value is -1.66. The van der Waals surface area contributed by atoms with Gasteiger partial charge in [-0.1, -0.05) is 12.8 Å². The van der Waals surface area contributed by atoms with Crippen molar-refractivity contribution >= 4 is 17.2 Å². The highest BCUT2D eigenvalue weighted by atomic mass is 32.1. The number of aromatic nitrogens is 1. The minimum Gasteiger partial charge on any atom is -0.459 e. The molecule has 3 heterocycles. The monoisotopic (exact) mass is 346 g/mol. The lowest BCUT2D eigenvalue weighted by Gasteiger charge is -2.43. The first-order valence-corrected chi connectivity index (χ1v) is 9.42. The number of ether oxygens (including phenoxy) is 1. The topological polar surface area (TPSA) is 55.6 Å². The minimum absolute atomic E-state index is 0.0970. The predicted molar refractivity (Wildman–Crippen MR) is 92.3 cm³/mol. The highest BCUT2D eigenvalue weighted by molar-refractivity contribution is 7.17. The van der Waals surface area contributed by atoms with Gasteiger partial charge in [-0.3, -0.25) is 4.79 Å². The second-order valence-electron chi connectivity index (χ2n) is 6.60. The van der Waals surface area contributed by atoms with Gasteiger partial charge < -0.3 is 14.1 Å². The summed E-state index contributed by atoms with van der Waals surface area (Å²) in [5.74, 6) is 1.68. The van der Waals surface area contributed by atoms with Crippen LogP contribution in [0.2, 0.25) is 0 Å². The fraction of sp³-hybridized carbons (Fsp3) is 0.556. The minimum atomic E-state index is 0.0970. The second-order valence-corrected chi connectivity index (χ2v) is 7.60. The van der Waals surface area contributed by atoms with Crippen molar-refractivity contribution in [2.45, 2.75) is 51.7 Å². The molecule has 2 aliphatic rings. The molecule has 1 amide bonds. The maximum Gasteiger partial charge on any atom is 0.266 e. The molecule has 2 aromatic rings. The number of nitrogens with zero attached hydrogens (tertiary/aromatic N) is 2. The molecule has 0 bridgehead atoms. The van der Waals surface area contributed by atoms with Gasteiger partial charge in [0.15, 0.2) is 10.8 Å². The fourth-order valence-corrected chi connectivity index (χ4v) is 4.71. The molecule has 2 aromatic heterocycles. The number of thiazole rings is 1. The molecule has 6 heteroatoms. The Morgan fingerprint density at radius 2 is 2.12 bits per heavy atom. The number of morpholine rings is 1. The summed E-state index contributed by atoms with van der Waals surface area (Å²) < 4.78 is 11.5. The van der Waals surface area contributed by atoms with Crippen LogP contribution in [0.4, 0.5) is 0 Å². The van der Waals surface area contributed by atoms with E-state index in [9.17, 15) is 4.79 Å². The molecule has 0 N–H and O–H groups in total. The summed E-state index contributed by atoms with van der Waals surface area (Å²) in [6.45, 7) is 5.12. The van der Waals surface area contributed by atoms with Crippen LogP contribution in [0.3, 0.4) is 0 Å². The van der Waals surface area contributed by atoms with Gasteiger partial charge in [0.05, 0.1) is 24.4 Å². The van der Waals surface area contributed by atoms with E-state index in [-0.39, 0.29) is 18.1 Å². The predicted octanol–water partition coefficient (Wildman–Crippen LogP) is 3.80. The van der Waals surface area contributed by atoms with E-state index in [2.05, 4.69) is 4.98 Å². The Kier molecular flexibility index (Phi) is 4.18. The number of aryl methyl sites for hydroxylation is 2. The summed E-state index contributed by atoms with van der Waals surface area (Å²) in [4.78, 5) is 20.4. The van der Waals surface area contributed by atoms with Crippen LogP contribution in [-0.2, 0) is 4.74 Å². The van der Waals surface area contributed by atoms with Crippen LogP contribution >= 0.6 is 11.3 Å². The molecule has 4 rings (SSSR count). The van der Waals surface area contributed by atoms with E-state index in [1.807, 2.05) is 30.9 Å². The Bertz CT molecular complexity index is 749. The standard InChI is InChI=1S/C18H22N2O3S/c1-11-7-8-15(23-11)17-19-12(2)16(24-17)18(21)20-9-10-22-14-6-4-3-5-13(14)20/h7-8,13-14H,3-6,9-10H2,1-2H3/t13-,14+/m1/s1. The number of rotatable bonds is 2. The molecule has 0 spiro atoms. The van der Waals surface area contributed by atoms with Crippen LogP contribution < -0.4 is 0 Å². The van der Waals surface area contributed by atoms with Crippen LogP contribution in [0.15, 0.2) is 16.5 Å². The molecule has 128 valence electrons. The SMILES string of the molecule is Cc1ccc(-c2nc(C)c(C(=O)N3CCO[C@H]4CCCC[C@H]43)s2)o1. The van der Waals surface area contributed by atoms with Crippen LogP contribution in [0.1, 0.15) is 46.8 Å². The molecule has 0 unspecified atom stereocenters. The average molecular weight is 346 g/mol. The van der Waals surface area contributed by atoms with Crippen molar-refractivity contribution in [2.75, 3.05) is 13.2 Å². The normalized spacial score (nSPS) is 24.0. The van der Waals surface area contributed by atoms with Gasteiger partial charge in [-0.05, 0) is 38.8 Å². The first-order chi connectivity index (χ1) is 11.6. The smallest absolute Gasteiger partial charge is 0.266 e. The fourth-order valence-electron chi connectivity index (χ4n) is 3.73. The highest BCUT2D eigenvalue weighted by Gasteiger charge is 2.38. The molecule has 1 saturated carbocycles. The van der Waals surface area contributed by atoms with Crippen LogP contribution in [0, 0.1) is 13.8 Å². The van der Waals surface area contributed by atoms with E-state index >= 15 is 0 Å². The molecule has 1 saturated heterocycles. The molecule has 0 aromatic carbocycles. The summed E-state index contributed by atoms with van der Waals surface area (Å²) in [6, 6.07) is 4.05. The molecule has 24 heavy (non-hydrogen) atoms. The lowest BCUT2D eigenvalue weighted by atomic mass is 9.90.